The highest BCUT2D eigenvalue weighted by Crippen LogP contribution is 2.17. The first-order valence-corrected chi connectivity index (χ1v) is 9.79. The lowest BCUT2D eigenvalue weighted by Gasteiger charge is -2.35. The van der Waals surface area contributed by atoms with E-state index in [1.54, 1.807) is 0 Å². The number of pyridine rings is 1. The highest BCUT2D eigenvalue weighted by Gasteiger charge is 2.21. The van der Waals surface area contributed by atoms with E-state index in [-0.39, 0.29) is 24.0 Å². The molecule has 0 radical (unpaired) electrons. The molecule has 0 atom stereocenters. The van der Waals surface area contributed by atoms with E-state index in [9.17, 15) is 0 Å². The van der Waals surface area contributed by atoms with Gasteiger partial charge in [0.05, 0.1) is 12.1 Å². The summed E-state index contributed by atoms with van der Waals surface area (Å²) in [5.41, 5.74) is 2.24. The summed E-state index contributed by atoms with van der Waals surface area (Å²) in [6.45, 7) is 10.5. The van der Waals surface area contributed by atoms with Crippen LogP contribution >= 0.6 is 24.0 Å². The van der Waals surface area contributed by atoms with Crippen molar-refractivity contribution in [2.75, 3.05) is 19.6 Å². The van der Waals surface area contributed by atoms with Gasteiger partial charge in [-0.15, -0.1) is 24.0 Å². The molecule has 1 aromatic carbocycles. The largest absolute Gasteiger partial charge is 0.357 e. The highest BCUT2D eigenvalue weighted by atomic mass is 127. The van der Waals surface area contributed by atoms with E-state index in [0.29, 0.717) is 18.6 Å². The van der Waals surface area contributed by atoms with Crippen molar-refractivity contribution in [3.05, 3.63) is 42.1 Å². The minimum Gasteiger partial charge on any atom is -0.357 e. The molecule has 1 aliphatic rings. The van der Waals surface area contributed by atoms with Gasteiger partial charge in [0.25, 0.3) is 0 Å². The number of fused-ring (bicyclic) bond motifs is 1. The van der Waals surface area contributed by atoms with Gasteiger partial charge in [0, 0.05) is 43.3 Å². The summed E-state index contributed by atoms with van der Waals surface area (Å²) in [6.07, 6.45) is 4.21. The zero-order valence-corrected chi connectivity index (χ0v) is 18.9. The Hall–Kier alpha value is -1.41. The fourth-order valence-electron chi connectivity index (χ4n) is 3.53. The van der Waals surface area contributed by atoms with Crippen molar-refractivity contribution in [2.45, 2.75) is 52.2 Å². The van der Waals surface area contributed by atoms with Gasteiger partial charge in [-0.1, -0.05) is 18.2 Å². The van der Waals surface area contributed by atoms with Crippen molar-refractivity contribution in [1.29, 1.82) is 0 Å². The number of guanidine groups is 1. The maximum Gasteiger partial charge on any atom is 0.191 e. The molecule has 0 amide bonds. The minimum absolute atomic E-state index is 0. The molecule has 2 N–H and O–H groups in total. The number of halogens is 1. The Balaban J connectivity index is 0.00000261. The molecule has 0 aliphatic carbocycles. The lowest BCUT2D eigenvalue weighted by Crippen LogP contribution is -2.49. The van der Waals surface area contributed by atoms with E-state index in [1.165, 1.54) is 23.8 Å². The van der Waals surface area contributed by atoms with Crippen molar-refractivity contribution in [1.82, 2.24) is 20.5 Å². The number of nitrogens with one attached hydrogen (secondary N) is 2. The lowest BCUT2D eigenvalue weighted by molar-refractivity contribution is 0.167. The van der Waals surface area contributed by atoms with Gasteiger partial charge in [0.1, 0.15) is 0 Å². The van der Waals surface area contributed by atoms with Gasteiger partial charge in [-0.25, -0.2) is 4.99 Å². The van der Waals surface area contributed by atoms with E-state index >= 15 is 0 Å². The molecule has 1 aliphatic heterocycles. The van der Waals surface area contributed by atoms with Crippen molar-refractivity contribution >= 4 is 40.8 Å². The van der Waals surface area contributed by atoms with Gasteiger partial charge in [-0.2, -0.15) is 0 Å². The number of piperidine rings is 1. The molecule has 1 aromatic heterocycles. The molecule has 0 unspecified atom stereocenters. The number of para-hydroxylation sites is 1. The van der Waals surface area contributed by atoms with Crippen LogP contribution in [-0.2, 0) is 6.54 Å². The van der Waals surface area contributed by atoms with Gasteiger partial charge in [-0.05, 0) is 51.3 Å². The standard InChI is InChI=1S/C21H31N5.HI/c1-4-22-21(25-18-10-13-26(14-11-18)16(2)3)24-15-17-9-12-23-20-8-6-5-7-19(17)20;/h5-9,12,16,18H,4,10-11,13-15H2,1-3H3,(H2,22,24,25);1H. The molecular formula is C21H32IN5. The first-order chi connectivity index (χ1) is 12.7. The van der Waals surface area contributed by atoms with E-state index in [1.807, 2.05) is 12.3 Å². The molecule has 6 heteroatoms. The Kier molecular flexibility index (Phi) is 8.76. The molecular weight excluding hydrogens is 449 g/mol. The van der Waals surface area contributed by atoms with Crippen LogP contribution in [0.2, 0.25) is 0 Å². The van der Waals surface area contributed by atoms with E-state index in [0.717, 1.165) is 31.1 Å². The summed E-state index contributed by atoms with van der Waals surface area (Å²) >= 11 is 0. The monoisotopic (exact) mass is 481 g/mol. The van der Waals surface area contributed by atoms with Crippen LogP contribution in [0, 0.1) is 0 Å². The second-order valence-electron chi connectivity index (χ2n) is 7.23. The number of likely N-dealkylation sites (tertiary alicyclic amines) is 1. The second kappa shape index (κ2) is 10.8. The molecule has 2 heterocycles. The average molecular weight is 481 g/mol. The molecule has 27 heavy (non-hydrogen) atoms. The van der Waals surface area contributed by atoms with Crippen molar-refractivity contribution in [3.63, 3.8) is 0 Å². The molecule has 1 fully saturated rings. The number of hydrogen-bond acceptors (Lipinski definition) is 3. The molecule has 0 spiro atoms. The predicted molar refractivity (Wildman–Crippen MR) is 125 cm³/mol. The maximum absolute atomic E-state index is 4.84. The number of nitrogens with zero attached hydrogens (tertiary/aromatic N) is 3. The topological polar surface area (TPSA) is 52.6 Å². The Morgan fingerprint density at radius 3 is 2.67 bits per heavy atom. The molecule has 2 aromatic rings. The fourth-order valence-corrected chi connectivity index (χ4v) is 3.53. The summed E-state index contributed by atoms with van der Waals surface area (Å²) in [5, 5.41) is 8.20. The zero-order valence-electron chi connectivity index (χ0n) is 16.6. The first kappa shape index (κ1) is 21.9. The Labute approximate surface area is 180 Å². The summed E-state index contributed by atoms with van der Waals surface area (Å²) in [6, 6.07) is 11.5. The third kappa shape index (κ3) is 6.04. The molecule has 148 valence electrons. The van der Waals surface area contributed by atoms with Gasteiger partial charge in [0.2, 0.25) is 0 Å². The normalized spacial score (nSPS) is 16.4. The van der Waals surface area contributed by atoms with E-state index < -0.39 is 0 Å². The van der Waals surface area contributed by atoms with Crippen LogP contribution in [-0.4, -0.2) is 47.6 Å². The van der Waals surface area contributed by atoms with E-state index in [4.69, 9.17) is 4.99 Å². The smallest absolute Gasteiger partial charge is 0.191 e. The SMILES string of the molecule is CCNC(=NCc1ccnc2ccccc12)NC1CCN(C(C)C)CC1.I. The number of rotatable bonds is 5. The Morgan fingerprint density at radius 2 is 1.96 bits per heavy atom. The molecule has 0 saturated carbocycles. The number of aromatic nitrogens is 1. The number of aliphatic imine (C=N–C) groups is 1. The van der Waals surface area contributed by atoms with Crippen LogP contribution in [0.1, 0.15) is 39.2 Å². The predicted octanol–water partition coefficient (Wildman–Crippen LogP) is 3.78. The maximum atomic E-state index is 4.84. The highest BCUT2D eigenvalue weighted by molar-refractivity contribution is 14.0. The van der Waals surface area contributed by atoms with Gasteiger partial charge >= 0.3 is 0 Å². The third-order valence-corrected chi connectivity index (χ3v) is 5.09. The van der Waals surface area contributed by atoms with Gasteiger partial charge in [-0.3, -0.25) is 4.98 Å². The van der Waals surface area contributed by atoms with Crippen LogP contribution in [0.5, 0.6) is 0 Å². The quantitative estimate of drug-likeness (QED) is 0.388. The Morgan fingerprint density at radius 1 is 1.22 bits per heavy atom. The number of hydrogen-bond donors (Lipinski definition) is 2. The minimum atomic E-state index is 0. The summed E-state index contributed by atoms with van der Waals surface area (Å²) < 4.78 is 0. The van der Waals surface area contributed by atoms with Crippen LogP contribution in [0.25, 0.3) is 10.9 Å². The number of benzene rings is 1. The van der Waals surface area contributed by atoms with E-state index in [2.05, 4.69) is 65.6 Å². The molecule has 5 nitrogen and oxygen atoms in total. The summed E-state index contributed by atoms with van der Waals surface area (Å²) in [4.78, 5) is 11.8. The van der Waals surface area contributed by atoms with Gasteiger partial charge < -0.3 is 15.5 Å². The van der Waals surface area contributed by atoms with Crippen molar-refractivity contribution in [2.24, 2.45) is 4.99 Å². The van der Waals surface area contributed by atoms with Crippen molar-refractivity contribution in [3.8, 4) is 0 Å². The van der Waals surface area contributed by atoms with Gasteiger partial charge in [0.15, 0.2) is 5.96 Å². The molecule has 0 bridgehead atoms. The molecule has 3 rings (SSSR count). The average Bonchev–Trinajstić information content (AvgIpc) is 2.66. The third-order valence-electron chi connectivity index (χ3n) is 5.09. The lowest BCUT2D eigenvalue weighted by atomic mass is 10.0. The second-order valence-corrected chi connectivity index (χ2v) is 7.23. The Bertz CT molecular complexity index is 733. The van der Waals surface area contributed by atoms with Crippen LogP contribution < -0.4 is 10.6 Å². The van der Waals surface area contributed by atoms with Crippen LogP contribution in [0.4, 0.5) is 0 Å². The summed E-state index contributed by atoms with van der Waals surface area (Å²) in [5.74, 6) is 0.913. The van der Waals surface area contributed by atoms with Crippen molar-refractivity contribution < 1.29 is 0 Å². The van der Waals surface area contributed by atoms with Crippen LogP contribution in [0.15, 0.2) is 41.5 Å². The van der Waals surface area contributed by atoms with Crippen LogP contribution in [0.3, 0.4) is 0 Å². The summed E-state index contributed by atoms with van der Waals surface area (Å²) in [7, 11) is 0. The fraction of sp³-hybridized carbons (Fsp3) is 0.524. The molecule has 1 saturated heterocycles. The first-order valence-electron chi connectivity index (χ1n) is 9.79. The zero-order chi connectivity index (χ0) is 18.4.